The van der Waals surface area contributed by atoms with Gasteiger partial charge in [-0.3, -0.25) is 9.78 Å². The molecule has 0 N–H and O–H groups in total. The zero-order valence-corrected chi connectivity index (χ0v) is 15.9. The number of carbonyl (C=O) groups is 1. The van der Waals surface area contributed by atoms with E-state index in [-0.39, 0.29) is 5.91 Å². The van der Waals surface area contributed by atoms with Gasteiger partial charge in [-0.2, -0.15) is 0 Å². The molecule has 3 aromatic rings. The molecule has 0 aliphatic rings. The van der Waals surface area contributed by atoms with Crippen molar-refractivity contribution in [2.45, 2.75) is 25.3 Å². The number of benzene rings is 2. The summed E-state index contributed by atoms with van der Waals surface area (Å²) in [7, 11) is 1.84. The quantitative estimate of drug-likeness (QED) is 0.631. The molecule has 3 rings (SSSR count). The van der Waals surface area contributed by atoms with Crippen molar-refractivity contribution in [3.63, 3.8) is 0 Å². The van der Waals surface area contributed by atoms with Crippen LogP contribution < -0.4 is 0 Å². The number of thioether (sulfide) groups is 1. The number of hydrogen-bond donors (Lipinski definition) is 0. The van der Waals surface area contributed by atoms with Crippen LogP contribution in [0.25, 0.3) is 10.9 Å². The third kappa shape index (κ3) is 3.85. The van der Waals surface area contributed by atoms with Crippen LogP contribution in [0.15, 0.2) is 53.4 Å². The molecule has 1 heterocycles. The number of carbonyl (C=O) groups excluding carboxylic acids is 1. The van der Waals surface area contributed by atoms with Gasteiger partial charge in [0.25, 0.3) is 5.91 Å². The number of amides is 1. The first kappa shape index (κ1) is 17.5. The smallest absolute Gasteiger partial charge is 0.255 e. The lowest BCUT2D eigenvalue weighted by Crippen LogP contribution is -2.27. The first-order chi connectivity index (χ1) is 12.0. The molecular weight excluding hydrogens is 328 g/mol. The first-order valence-electron chi connectivity index (χ1n) is 8.24. The van der Waals surface area contributed by atoms with Gasteiger partial charge >= 0.3 is 0 Å². The van der Waals surface area contributed by atoms with E-state index in [2.05, 4.69) is 41.6 Å². The Bertz CT molecular complexity index is 919. The molecule has 0 bridgehead atoms. The second-order valence-corrected chi connectivity index (χ2v) is 7.21. The Kier molecular flexibility index (Phi) is 5.09. The van der Waals surface area contributed by atoms with Gasteiger partial charge in [0, 0.05) is 23.9 Å². The second-order valence-electron chi connectivity index (χ2n) is 6.33. The number of aromatic nitrogens is 1. The fourth-order valence-electron chi connectivity index (χ4n) is 2.89. The van der Waals surface area contributed by atoms with E-state index in [1.165, 1.54) is 10.5 Å². The number of aryl methyl sites for hydroxylation is 2. The van der Waals surface area contributed by atoms with Gasteiger partial charge in [0.15, 0.2) is 0 Å². The number of hydrogen-bond acceptors (Lipinski definition) is 3. The van der Waals surface area contributed by atoms with Crippen molar-refractivity contribution in [3.8, 4) is 0 Å². The minimum absolute atomic E-state index is 0.00218. The van der Waals surface area contributed by atoms with Crippen LogP contribution in [0.2, 0.25) is 0 Å². The normalized spacial score (nSPS) is 10.9. The molecule has 1 aromatic heterocycles. The molecule has 0 spiro atoms. The molecule has 0 atom stereocenters. The van der Waals surface area contributed by atoms with E-state index in [0.717, 1.165) is 22.2 Å². The fraction of sp³-hybridized carbons (Fsp3) is 0.238. The average molecular weight is 350 g/mol. The largest absolute Gasteiger partial charge is 0.337 e. The molecule has 0 radical (unpaired) electrons. The topological polar surface area (TPSA) is 33.2 Å². The Morgan fingerprint density at radius 1 is 1.08 bits per heavy atom. The maximum absolute atomic E-state index is 12.9. The van der Waals surface area contributed by atoms with Crippen molar-refractivity contribution in [2.75, 3.05) is 13.3 Å². The van der Waals surface area contributed by atoms with Crippen LogP contribution in [-0.2, 0) is 6.54 Å². The lowest BCUT2D eigenvalue weighted by molar-refractivity contribution is 0.0784. The number of pyridine rings is 1. The number of nitrogens with zero attached hydrogens (tertiary/aromatic N) is 2. The van der Waals surface area contributed by atoms with E-state index < -0.39 is 0 Å². The molecule has 3 nitrogen and oxygen atoms in total. The van der Waals surface area contributed by atoms with Crippen molar-refractivity contribution < 1.29 is 4.79 Å². The van der Waals surface area contributed by atoms with Crippen molar-refractivity contribution in [1.82, 2.24) is 9.88 Å². The highest BCUT2D eigenvalue weighted by Crippen LogP contribution is 2.20. The predicted molar refractivity (Wildman–Crippen MR) is 105 cm³/mol. The molecule has 4 heteroatoms. The highest BCUT2D eigenvalue weighted by Gasteiger charge is 2.16. The fourth-order valence-corrected chi connectivity index (χ4v) is 3.30. The molecule has 0 saturated carbocycles. The van der Waals surface area contributed by atoms with Gasteiger partial charge in [-0.05, 0) is 56.0 Å². The zero-order valence-electron chi connectivity index (χ0n) is 15.0. The molecule has 25 heavy (non-hydrogen) atoms. The van der Waals surface area contributed by atoms with Crippen molar-refractivity contribution in [1.29, 1.82) is 0 Å². The Hall–Kier alpha value is -2.33. The second kappa shape index (κ2) is 7.28. The summed E-state index contributed by atoms with van der Waals surface area (Å²) in [5, 5.41) is 1.01. The minimum atomic E-state index is 0.00218. The first-order valence-corrected chi connectivity index (χ1v) is 9.47. The van der Waals surface area contributed by atoms with Crippen molar-refractivity contribution in [3.05, 3.63) is 70.9 Å². The standard InChI is InChI=1S/C21H22N2OS/c1-14-5-10-20-17(11-14)12-19(15(2)22-20)21(24)23(3)13-16-6-8-18(25-4)9-7-16/h5-12H,13H2,1-4H3. The molecule has 0 aliphatic heterocycles. The number of rotatable bonds is 4. The molecular formula is C21H22N2OS. The van der Waals surface area contributed by atoms with E-state index in [1.54, 1.807) is 16.7 Å². The van der Waals surface area contributed by atoms with Gasteiger partial charge in [-0.25, -0.2) is 0 Å². The van der Waals surface area contributed by atoms with Crippen LogP contribution in [0.3, 0.4) is 0 Å². The molecule has 0 aliphatic carbocycles. The molecule has 1 amide bonds. The third-order valence-electron chi connectivity index (χ3n) is 4.32. The van der Waals surface area contributed by atoms with Crippen LogP contribution in [-0.4, -0.2) is 29.1 Å². The van der Waals surface area contributed by atoms with E-state index in [9.17, 15) is 4.79 Å². The van der Waals surface area contributed by atoms with Gasteiger partial charge < -0.3 is 4.90 Å². The summed E-state index contributed by atoms with van der Waals surface area (Å²) in [6, 6.07) is 16.4. The lowest BCUT2D eigenvalue weighted by Gasteiger charge is -2.19. The van der Waals surface area contributed by atoms with E-state index in [0.29, 0.717) is 12.1 Å². The van der Waals surface area contributed by atoms with Gasteiger partial charge in [-0.1, -0.05) is 23.8 Å². The van der Waals surface area contributed by atoms with E-state index in [1.807, 2.05) is 39.1 Å². The summed E-state index contributed by atoms with van der Waals surface area (Å²) >= 11 is 1.71. The molecule has 128 valence electrons. The Morgan fingerprint density at radius 3 is 2.48 bits per heavy atom. The van der Waals surface area contributed by atoms with Gasteiger partial charge in [0.05, 0.1) is 16.8 Å². The Morgan fingerprint density at radius 2 is 1.80 bits per heavy atom. The minimum Gasteiger partial charge on any atom is -0.337 e. The maximum atomic E-state index is 12.9. The Balaban J connectivity index is 1.85. The predicted octanol–water partition coefficient (Wildman–Crippen LogP) is 4.85. The summed E-state index contributed by atoms with van der Waals surface area (Å²) < 4.78 is 0. The monoisotopic (exact) mass is 350 g/mol. The van der Waals surface area contributed by atoms with Crippen LogP contribution >= 0.6 is 11.8 Å². The Labute approximate surface area is 153 Å². The van der Waals surface area contributed by atoms with E-state index >= 15 is 0 Å². The van der Waals surface area contributed by atoms with Gasteiger partial charge in [0.1, 0.15) is 0 Å². The van der Waals surface area contributed by atoms with Crippen molar-refractivity contribution in [2.24, 2.45) is 0 Å². The van der Waals surface area contributed by atoms with Crippen LogP contribution in [0.5, 0.6) is 0 Å². The summed E-state index contributed by atoms with van der Waals surface area (Å²) in [5.74, 6) is 0.00218. The van der Waals surface area contributed by atoms with Gasteiger partial charge in [-0.15, -0.1) is 11.8 Å². The van der Waals surface area contributed by atoms with Crippen molar-refractivity contribution >= 4 is 28.6 Å². The summed E-state index contributed by atoms with van der Waals surface area (Å²) in [6.07, 6.45) is 2.06. The lowest BCUT2D eigenvalue weighted by atomic mass is 10.1. The summed E-state index contributed by atoms with van der Waals surface area (Å²) in [4.78, 5) is 20.5. The number of fused-ring (bicyclic) bond motifs is 1. The SMILES string of the molecule is CSc1ccc(CN(C)C(=O)c2cc3cc(C)ccc3nc2C)cc1. The highest BCUT2D eigenvalue weighted by molar-refractivity contribution is 7.98. The molecule has 0 saturated heterocycles. The third-order valence-corrected chi connectivity index (χ3v) is 5.06. The average Bonchev–Trinajstić information content (AvgIpc) is 2.61. The van der Waals surface area contributed by atoms with Gasteiger partial charge in [0.2, 0.25) is 0 Å². The van der Waals surface area contributed by atoms with Crippen LogP contribution in [0.4, 0.5) is 0 Å². The highest BCUT2D eigenvalue weighted by atomic mass is 32.2. The van der Waals surface area contributed by atoms with Crippen LogP contribution in [0, 0.1) is 13.8 Å². The molecule has 0 fully saturated rings. The summed E-state index contributed by atoms with van der Waals surface area (Å²) in [5.41, 5.74) is 4.65. The van der Waals surface area contributed by atoms with E-state index in [4.69, 9.17) is 0 Å². The molecule has 2 aromatic carbocycles. The van der Waals surface area contributed by atoms with Crippen LogP contribution in [0.1, 0.15) is 27.2 Å². The molecule has 0 unspecified atom stereocenters. The summed E-state index contributed by atoms with van der Waals surface area (Å²) in [6.45, 7) is 4.53. The zero-order chi connectivity index (χ0) is 18.0. The maximum Gasteiger partial charge on any atom is 0.255 e.